The molecule has 0 aliphatic heterocycles. The monoisotopic (exact) mass is 357 g/mol. The number of nitrogens with zero attached hydrogens (tertiary/aromatic N) is 5. The van der Waals surface area contributed by atoms with Gasteiger partial charge in [-0.25, -0.2) is 0 Å². The van der Waals surface area contributed by atoms with Gasteiger partial charge < -0.3 is 4.90 Å². The Morgan fingerprint density at radius 1 is 1.07 bits per heavy atom. The Hall–Kier alpha value is -3.54. The predicted octanol–water partition coefficient (Wildman–Crippen LogP) is 3.51. The van der Waals surface area contributed by atoms with Gasteiger partial charge >= 0.3 is 0 Å². The molecule has 0 fully saturated rings. The van der Waals surface area contributed by atoms with Crippen LogP contribution in [0.1, 0.15) is 24.4 Å². The van der Waals surface area contributed by atoms with E-state index in [1.54, 1.807) is 28.7 Å². The predicted molar refractivity (Wildman–Crippen MR) is 105 cm³/mol. The Bertz CT molecular complexity index is 1130. The molecule has 4 rings (SSSR count). The molecule has 2 aromatic heterocycles. The third kappa shape index (κ3) is 3.17. The van der Waals surface area contributed by atoms with Gasteiger partial charge in [-0.2, -0.15) is 9.61 Å². The molecule has 2 heterocycles. The highest BCUT2D eigenvalue weighted by Gasteiger charge is 2.15. The van der Waals surface area contributed by atoms with Gasteiger partial charge in [-0.05, 0) is 18.6 Å². The summed E-state index contributed by atoms with van der Waals surface area (Å²) < 4.78 is 1.65. The van der Waals surface area contributed by atoms with Crippen molar-refractivity contribution in [2.45, 2.75) is 13.0 Å². The van der Waals surface area contributed by atoms with E-state index >= 15 is 0 Å². The zero-order valence-corrected chi connectivity index (χ0v) is 15.1. The largest absolute Gasteiger partial charge is 0.335 e. The van der Waals surface area contributed by atoms with Crippen LogP contribution >= 0.6 is 0 Å². The summed E-state index contributed by atoms with van der Waals surface area (Å²) in [6, 6.07) is 17.8. The van der Waals surface area contributed by atoms with Crippen LogP contribution in [-0.4, -0.2) is 37.7 Å². The Balaban J connectivity index is 1.59. The molecule has 0 saturated carbocycles. The van der Waals surface area contributed by atoms with E-state index < -0.39 is 0 Å². The highest BCUT2D eigenvalue weighted by Crippen LogP contribution is 2.19. The van der Waals surface area contributed by atoms with Gasteiger partial charge in [0.25, 0.3) is 0 Å². The van der Waals surface area contributed by atoms with Crippen LogP contribution in [0.3, 0.4) is 0 Å². The van der Waals surface area contributed by atoms with E-state index in [-0.39, 0.29) is 11.9 Å². The summed E-state index contributed by atoms with van der Waals surface area (Å²) in [4.78, 5) is 14.3. The van der Waals surface area contributed by atoms with Crippen molar-refractivity contribution in [3.05, 3.63) is 78.3 Å². The fourth-order valence-electron chi connectivity index (χ4n) is 3.02. The third-order valence-electron chi connectivity index (χ3n) is 4.76. The quantitative estimate of drug-likeness (QED) is 0.524. The molecule has 0 aliphatic rings. The van der Waals surface area contributed by atoms with E-state index in [2.05, 4.69) is 15.3 Å². The molecule has 134 valence electrons. The van der Waals surface area contributed by atoms with Gasteiger partial charge in [0.05, 0.1) is 12.2 Å². The first-order chi connectivity index (χ1) is 13.1. The fourth-order valence-corrected chi connectivity index (χ4v) is 3.02. The molecule has 0 spiro atoms. The summed E-state index contributed by atoms with van der Waals surface area (Å²) >= 11 is 0. The topological polar surface area (TPSA) is 63.4 Å². The van der Waals surface area contributed by atoms with Crippen LogP contribution in [0, 0.1) is 0 Å². The SMILES string of the molecule is C[C@H](c1ccccc1)N(C)C(=O)/C=C/c1nnc2c3ccccc3cnn12. The molecule has 6 heteroatoms. The van der Waals surface area contributed by atoms with Crippen molar-refractivity contribution in [3.8, 4) is 0 Å². The average molecular weight is 357 g/mol. The average Bonchev–Trinajstić information content (AvgIpc) is 3.15. The maximum atomic E-state index is 12.6. The number of carbonyl (C=O) groups excluding carboxylic acids is 1. The summed E-state index contributed by atoms with van der Waals surface area (Å²) in [6.07, 6.45) is 4.93. The molecule has 0 N–H and O–H groups in total. The molecule has 27 heavy (non-hydrogen) atoms. The highest BCUT2D eigenvalue weighted by molar-refractivity contribution is 5.94. The molecular formula is C21H19N5O. The van der Waals surface area contributed by atoms with Crippen LogP contribution in [0.15, 0.2) is 66.9 Å². The van der Waals surface area contributed by atoms with Gasteiger partial charge in [-0.1, -0.05) is 54.6 Å². The van der Waals surface area contributed by atoms with Crippen LogP contribution in [-0.2, 0) is 4.79 Å². The van der Waals surface area contributed by atoms with Gasteiger partial charge in [0.1, 0.15) is 0 Å². The lowest BCUT2D eigenvalue weighted by Crippen LogP contribution is -2.27. The smallest absolute Gasteiger partial charge is 0.246 e. The van der Waals surface area contributed by atoms with Crippen molar-refractivity contribution in [1.82, 2.24) is 24.7 Å². The lowest BCUT2D eigenvalue weighted by Gasteiger charge is -2.24. The van der Waals surface area contributed by atoms with Crippen molar-refractivity contribution in [2.75, 3.05) is 7.05 Å². The molecular weight excluding hydrogens is 338 g/mol. The van der Waals surface area contributed by atoms with Crippen molar-refractivity contribution in [3.63, 3.8) is 0 Å². The summed E-state index contributed by atoms with van der Waals surface area (Å²) in [5, 5.41) is 14.8. The standard InChI is InChI=1S/C21H19N5O/c1-15(16-8-4-3-5-9-16)25(2)20(27)13-12-19-23-24-21-18-11-7-6-10-17(18)14-22-26(19)21/h3-15H,1-2H3/b13-12+/t15-/m1/s1. The lowest BCUT2D eigenvalue weighted by atomic mass is 10.1. The van der Waals surface area contributed by atoms with Crippen LogP contribution in [0.2, 0.25) is 0 Å². The Morgan fingerprint density at radius 3 is 2.63 bits per heavy atom. The van der Waals surface area contributed by atoms with E-state index in [0.29, 0.717) is 11.5 Å². The van der Waals surface area contributed by atoms with Gasteiger partial charge in [0.2, 0.25) is 5.91 Å². The van der Waals surface area contributed by atoms with Gasteiger partial charge in [-0.3, -0.25) is 4.79 Å². The molecule has 0 unspecified atom stereocenters. The zero-order valence-electron chi connectivity index (χ0n) is 15.1. The molecule has 0 radical (unpaired) electrons. The molecule has 4 aromatic rings. The van der Waals surface area contributed by atoms with Crippen LogP contribution < -0.4 is 0 Å². The minimum Gasteiger partial charge on any atom is -0.335 e. The fraction of sp³-hybridized carbons (Fsp3) is 0.143. The van der Waals surface area contributed by atoms with Gasteiger partial charge in [0, 0.05) is 23.9 Å². The molecule has 6 nitrogen and oxygen atoms in total. The van der Waals surface area contributed by atoms with Crippen molar-refractivity contribution in [2.24, 2.45) is 0 Å². The number of rotatable bonds is 4. The second kappa shape index (κ2) is 6.99. The molecule has 0 bridgehead atoms. The molecule has 1 amide bonds. The highest BCUT2D eigenvalue weighted by atomic mass is 16.2. The lowest BCUT2D eigenvalue weighted by molar-refractivity contribution is -0.126. The minimum absolute atomic E-state index is 0.0273. The molecule has 0 saturated heterocycles. The van der Waals surface area contributed by atoms with Gasteiger partial charge in [0.15, 0.2) is 11.5 Å². The normalized spacial score (nSPS) is 12.7. The first kappa shape index (κ1) is 16.9. The van der Waals surface area contributed by atoms with E-state index in [0.717, 1.165) is 16.3 Å². The number of aromatic nitrogens is 4. The van der Waals surface area contributed by atoms with Crippen LogP contribution in [0.25, 0.3) is 22.5 Å². The van der Waals surface area contributed by atoms with Gasteiger partial charge in [-0.15, -0.1) is 10.2 Å². The maximum absolute atomic E-state index is 12.6. The van der Waals surface area contributed by atoms with Crippen molar-refractivity contribution < 1.29 is 4.79 Å². The summed E-state index contributed by atoms with van der Waals surface area (Å²) in [7, 11) is 1.79. The molecule has 2 aromatic carbocycles. The Kier molecular flexibility index (Phi) is 4.38. The Labute approximate surface area is 156 Å². The Morgan fingerprint density at radius 2 is 1.81 bits per heavy atom. The second-order valence-corrected chi connectivity index (χ2v) is 6.39. The van der Waals surface area contributed by atoms with E-state index in [4.69, 9.17) is 0 Å². The summed E-state index contributed by atoms with van der Waals surface area (Å²) in [6.45, 7) is 2.00. The first-order valence-electron chi connectivity index (χ1n) is 8.74. The van der Waals surface area contributed by atoms with Crippen LogP contribution in [0.5, 0.6) is 0 Å². The number of amides is 1. The van der Waals surface area contributed by atoms with Crippen molar-refractivity contribution >= 4 is 28.4 Å². The molecule has 0 aliphatic carbocycles. The zero-order chi connectivity index (χ0) is 18.8. The number of carbonyl (C=O) groups is 1. The maximum Gasteiger partial charge on any atom is 0.246 e. The minimum atomic E-state index is -0.108. The van der Waals surface area contributed by atoms with E-state index in [1.165, 1.54) is 6.08 Å². The van der Waals surface area contributed by atoms with Crippen molar-refractivity contribution in [1.29, 1.82) is 0 Å². The third-order valence-corrected chi connectivity index (χ3v) is 4.76. The van der Waals surface area contributed by atoms with E-state index in [1.807, 2.05) is 61.5 Å². The second-order valence-electron chi connectivity index (χ2n) is 6.39. The summed E-state index contributed by atoms with van der Waals surface area (Å²) in [5.74, 6) is 0.411. The summed E-state index contributed by atoms with van der Waals surface area (Å²) in [5.41, 5.74) is 1.76. The number of hydrogen-bond acceptors (Lipinski definition) is 4. The first-order valence-corrected chi connectivity index (χ1v) is 8.74. The number of likely N-dealkylation sites (N-methyl/N-ethyl adjacent to an activating group) is 1. The number of benzene rings is 2. The van der Waals surface area contributed by atoms with E-state index in [9.17, 15) is 4.79 Å². The number of hydrogen-bond donors (Lipinski definition) is 0. The van der Waals surface area contributed by atoms with Crippen LogP contribution in [0.4, 0.5) is 0 Å². The number of fused-ring (bicyclic) bond motifs is 3. The molecule has 1 atom stereocenters.